The molecule has 1 N–H and O–H groups in total. The Morgan fingerprint density at radius 2 is 1.92 bits per heavy atom. The fourth-order valence-corrected chi connectivity index (χ4v) is 2.28. The van der Waals surface area contributed by atoms with Crippen LogP contribution < -0.4 is 10.1 Å². The van der Waals surface area contributed by atoms with Crippen LogP contribution in [0, 0.1) is 5.82 Å². The van der Waals surface area contributed by atoms with Gasteiger partial charge in [-0.1, -0.05) is 24.3 Å². The summed E-state index contributed by atoms with van der Waals surface area (Å²) < 4.78 is 24.3. The minimum absolute atomic E-state index is 0.0991. The summed E-state index contributed by atoms with van der Waals surface area (Å²) in [5, 5.41) is 10.4. The molecule has 0 spiro atoms. The number of nitrogens with one attached hydrogen (secondary N) is 1. The molecule has 1 heterocycles. The van der Waals surface area contributed by atoms with Crippen LogP contribution in [0.2, 0.25) is 0 Å². The summed E-state index contributed by atoms with van der Waals surface area (Å²) in [6.45, 7) is 0. The number of anilines is 1. The Morgan fingerprint density at radius 3 is 2.72 bits per heavy atom. The van der Waals surface area contributed by atoms with Gasteiger partial charge >= 0.3 is 0 Å². The molecule has 25 heavy (non-hydrogen) atoms. The van der Waals surface area contributed by atoms with Gasteiger partial charge in [-0.2, -0.15) is 0 Å². The van der Waals surface area contributed by atoms with Gasteiger partial charge in [0.25, 0.3) is 5.89 Å². The maximum atomic E-state index is 13.5. The molecule has 0 aliphatic rings. The van der Waals surface area contributed by atoms with Crippen LogP contribution in [-0.2, 0) is 11.2 Å². The molecule has 0 aliphatic carbocycles. The van der Waals surface area contributed by atoms with Crippen molar-refractivity contribution in [2.75, 3.05) is 12.4 Å². The molecule has 0 saturated carbocycles. The highest BCUT2D eigenvalue weighted by Gasteiger charge is 2.14. The molecule has 0 bridgehead atoms. The number of para-hydroxylation sites is 2. The Kier molecular flexibility index (Phi) is 5.03. The summed E-state index contributed by atoms with van der Waals surface area (Å²) >= 11 is 0. The number of amides is 1. The Hall–Kier alpha value is -3.22. The van der Waals surface area contributed by atoms with Crippen molar-refractivity contribution >= 4 is 11.6 Å². The van der Waals surface area contributed by atoms with E-state index in [0.717, 1.165) is 0 Å². The molecule has 1 aromatic heterocycles. The van der Waals surface area contributed by atoms with Gasteiger partial charge in [-0.15, -0.1) is 10.2 Å². The van der Waals surface area contributed by atoms with Gasteiger partial charge in [-0.05, 0) is 24.3 Å². The second-order valence-corrected chi connectivity index (χ2v) is 5.23. The number of nitrogens with zero attached hydrogens (tertiary/aromatic N) is 2. The standard InChI is InChI=1S/C18H16FN3O3/c1-24-15-9-5-2-6-12(15)18-22-21-17(25-18)11-10-16(23)20-14-8-4-3-7-13(14)19/h2-9H,10-11H2,1H3,(H,20,23). The largest absolute Gasteiger partial charge is 0.496 e. The van der Waals surface area contributed by atoms with E-state index >= 15 is 0 Å². The molecule has 7 heteroatoms. The number of halogens is 1. The monoisotopic (exact) mass is 341 g/mol. The maximum Gasteiger partial charge on any atom is 0.251 e. The first-order valence-electron chi connectivity index (χ1n) is 7.67. The third-order valence-electron chi connectivity index (χ3n) is 3.52. The molecule has 0 unspecified atom stereocenters. The molecule has 0 radical (unpaired) electrons. The lowest BCUT2D eigenvalue weighted by Gasteiger charge is -2.05. The number of rotatable bonds is 6. The van der Waals surface area contributed by atoms with E-state index < -0.39 is 5.82 Å². The molecule has 3 aromatic rings. The van der Waals surface area contributed by atoms with Crippen molar-refractivity contribution in [3.05, 3.63) is 60.2 Å². The van der Waals surface area contributed by atoms with E-state index in [0.29, 0.717) is 23.1 Å². The van der Waals surface area contributed by atoms with Crippen LogP contribution in [0.25, 0.3) is 11.5 Å². The van der Waals surface area contributed by atoms with Gasteiger partial charge in [0.05, 0.1) is 18.4 Å². The molecular weight excluding hydrogens is 325 g/mol. The summed E-state index contributed by atoms with van der Waals surface area (Å²) in [7, 11) is 1.56. The molecule has 128 valence electrons. The van der Waals surface area contributed by atoms with Crippen molar-refractivity contribution < 1.29 is 18.3 Å². The number of methoxy groups -OCH3 is 1. The topological polar surface area (TPSA) is 77.2 Å². The third kappa shape index (κ3) is 4.00. The van der Waals surface area contributed by atoms with Crippen LogP contribution in [0.1, 0.15) is 12.3 Å². The van der Waals surface area contributed by atoms with E-state index in [9.17, 15) is 9.18 Å². The Morgan fingerprint density at radius 1 is 1.16 bits per heavy atom. The van der Waals surface area contributed by atoms with Crippen molar-refractivity contribution in [3.63, 3.8) is 0 Å². The number of hydrogen-bond donors (Lipinski definition) is 1. The number of aromatic nitrogens is 2. The number of benzene rings is 2. The van der Waals surface area contributed by atoms with Gasteiger partial charge in [0.2, 0.25) is 11.8 Å². The lowest BCUT2D eigenvalue weighted by molar-refractivity contribution is -0.116. The van der Waals surface area contributed by atoms with Crippen LogP contribution >= 0.6 is 0 Å². The van der Waals surface area contributed by atoms with Crippen molar-refractivity contribution in [2.24, 2.45) is 0 Å². The molecular formula is C18H16FN3O3. The van der Waals surface area contributed by atoms with Crippen LogP contribution in [-0.4, -0.2) is 23.2 Å². The minimum Gasteiger partial charge on any atom is -0.496 e. The van der Waals surface area contributed by atoms with Gasteiger partial charge in [0, 0.05) is 12.8 Å². The predicted octanol–water partition coefficient (Wildman–Crippen LogP) is 3.46. The van der Waals surface area contributed by atoms with Crippen molar-refractivity contribution in [3.8, 4) is 17.2 Å². The highest BCUT2D eigenvalue weighted by atomic mass is 19.1. The van der Waals surface area contributed by atoms with E-state index in [1.165, 1.54) is 12.1 Å². The minimum atomic E-state index is -0.480. The average molecular weight is 341 g/mol. The summed E-state index contributed by atoms with van der Waals surface area (Å²) in [5.41, 5.74) is 0.826. The normalized spacial score (nSPS) is 10.5. The number of hydrogen-bond acceptors (Lipinski definition) is 5. The zero-order valence-corrected chi connectivity index (χ0v) is 13.5. The summed E-state index contributed by atoms with van der Waals surface area (Å²) in [6, 6.07) is 13.3. The highest BCUT2D eigenvalue weighted by Crippen LogP contribution is 2.28. The van der Waals surface area contributed by atoms with Crippen LogP contribution in [0.15, 0.2) is 52.9 Å². The lowest BCUT2D eigenvalue weighted by atomic mass is 10.2. The van der Waals surface area contributed by atoms with Crippen LogP contribution in [0.4, 0.5) is 10.1 Å². The summed E-state index contributed by atoms with van der Waals surface area (Å²) in [4.78, 5) is 11.9. The third-order valence-corrected chi connectivity index (χ3v) is 3.52. The number of aryl methyl sites for hydroxylation is 1. The first-order chi connectivity index (χ1) is 12.2. The van der Waals surface area contributed by atoms with Crippen LogP contribution in [0.3, 0.4) is 0 Å². The molecule has 6 nitrogen and oxygen atoms in total. The zero-order chi connectivity index (χ0) is 17.6. The maximum absolute atomic E-state index is 13.5. The SMILES string of the molecule is COc1ccccc1-c1nnc(CCC(=O)Nc2ccccc2F)o1. The molecule has 0 fully saturated rings. The van der Waals surface area contributed by atoms with Crippen molar-refractivity contribution in [1.82, 2.24) is 10.2 Å². The van der Waals surface area contributed by atoms with Crippen LogP contribution in [0.5, 0.6) is 5.75 Å². The van der Waals surface area contributed by atoms with E-state index in [1.54, 1.807) is 31.4 Å². The lowest BCUT2D eigenvalue weighted by Crippen LogP contribution is -2.13. The first-order valence-corrected chi connectivity index (χ1v) is 7.67. The van der Waals surface area contributed by atoms with E-state index in [4.69, 9.17) is 9.15 Å². The smallest absolute Gasteiger partial charge is 0.251 e. The molecule has 0 aliphatic heterocycles. The molecule has 0 saturated heterocycles. The zero-order valence-electron chi connectivity index (χ0n) is 13.5. The molecule has 2 aromatic carbocycles. The van der Waals surface area contributed by atoms with Gasteiger partial charge in [-0.25, -0.2) is 4.39 Å². The number of carbonyl (C=O) groups is 1. The Bertz CT molecular complexity index is 879. The molecule has 3 rings (SSSR count). The fraction of sp³-hybridized carbons (Fsp3) is 0.167. The van der Waals surface area contributed by atoms with Gasteiger partial charge in [-0.3, -0.25) is 4.79 Å². The fourth-order valence-electron chi connectivity index (χ4n) is 2.28. The second kappa shape index (κ2) is 7.57. The summed E-state index contributed by atoms with van der Waals surface area (Å²) in [6.07, 6.45) is 0.352. The van der Waals surface area contributed by atoms with Gasteiger partial charge in [0.1, 0.15) is 11.6 Å². The van der Waals surface area contributed by atoms with Crippen molar-refractivity contribution in [1.29, 1.82) is 0 Å². The summed E-state index contributed by atoms with van der Waals surface area (Å²) in [5.74, 6) is 0.454. The number of carbonyl (C=O) groups excluding carboxylic acids is 1. The van der Waals surface area contributed by atoms with Gasteiger partial charge < -0.3 is 14.5 Å². The van der Waals surface area contributed by atoms with E-state index in [2.05, 4.69) is 15.5 Å². The van der Waals surface area contributed by atoms with E-state index in [1.807, 2.05) is 12.1 Å². The van der Waals surface area contributed by atoms with Crippen molar-refractivity contribution in [2.45, 2.75) is 12.8 Å². The quantitative estimate of drug-likeness (QED) is 0.743. The number of ether oxygens (including phenoxy) is 1. The Labute approximate surface area is 143 Å². The second-order valence-electron chi connectivity index (χ2n) is 5.23. The Balaban J connectivity index is 1.62. The first kappa shape index (κ1) is 16.6. The molecule has 1 amide bonds. The predicted molar refractivity (Wildman–Crippen MR) is 89.6 cm³/mol. The molecule has 0 atom stereocenters. The average Bonchev–Trinajstić information content (AvgIpc) is 3.11. The van der Waals surface area contributed by atoms with E-state index in [-0.39, 0.29) is 24.4 Å². The highest BCUT2D eigenvalue weighted by molar-refractivity contribution is 5.90. The van der Waals surface area contributed by atoms with Gasteiger partial charge in [0.15, 0.2) is 0 Å².